The van der Waals surface area contributed by atoms with Gasteiger partial charge in [-0.3, -0.25) is 0 Å². The summed E-state index contributed by atoms with van der Waals surface area (Å²) in [6.07, 6.45) is 4.61. The smallest absolute Gasteiger partial charge is 0.152 e. The second-order valence-electron chi connectivity index (χ2n) is 4.81. The number of hydrogen-bond acceptors (Lipinski definition) is 4. The number of nitrogens with two attached hydrogens (primary N) is 1. The van der Waals surface area contributed by atoms with Crippen LogP contribution in [0.2, 0.25) is 0 Å². The van der Waals surface area contributed by atoms with Crippen molar-refractivity contribution >= 4 is 11.3 Å². The number of aromatic nitrogens is 3. The maximum absolute atomic E-state index is 5.72. The van der Waals surface area contributed by atoms with E-state index in [0.29, 0.717) is 12.5 Å². The molecule has 3 N–H and O–H groups in total. The highest BCUT2D eigenvalue weighted by Gasteiger charge is 2.11. The number of anilines is 1. The summed E-state index contributed by atoms with van der Waals surface area (Å²) in [4.78, 5) is 4.39. The van der Waals surface area contributed by atoms with Crippen LogP contribution in [0.15, 0.2) is 18.5 Å². The van der Waals surface area contributed by atoms with E-state index in [1.54, 1.807) is 6.20 Å². The molecule has 1 unspecified atom stereocenters. The van der Waals surface area contributed by atoms with Crippen molar-refractivity contribution < 1.29 is 0 Å². The molecule has 0 saturated carbocycles. The minimum Gasteiger partial charge on any atom is -0.364 e. The summed E-state index contributed by atoms with van der Waals surface area (Å²) in [5.41, 5.74) is 7.80. The molecule has 0 saturated heterocycles. The van der Waals surface area contributed by atoms with Gasteiger partial charge in [-0.2, -0.15) is 5.10 Å². The van der Waals surface area contributed by atoms with Crippen LogP contribution in [0.25, 0.3) is 5.52 Å². The number of nitrogens with zero attached hydrogens (tertiary/aromatic N) is 3. The molecule has 98 valence electrons. The van der Waals surface area contributed by atoms with Crippen LogP contribution in [0.3, 0.4) is 0 Å². The van der Waals surface area contributed by atoms with Crippen LogP contribution in [0.1, 0.15) is 38.8 Å². The third kappa shape index (κ3) is 2.46. The molecule has 5 heteroatoms. The Hall–Kier alpha value is -1.62. The first-order valence-electron chi connectivity index (χ1n) is 6.46. The standard InChI is InChI=1S/C13H21N5/c1-4-10(8-14)16-13-12-7-11(9(2)3)17-18(12)6-5-15-13/h5-7,9-10H,4,8,14H2,1-3H3,(H,15,16). The number of hydrogen-bond donors (Lipinski definition) is 2. The molecule has 2 aromatic heterocycles. The molecule has 0 aliphatic heterocycles. The van der Waals surface area contributed by atoms with Gasteiger partial charge in [0.15, 0.2) is 5.82 Å². The molecule has 0 radical (unpaired) electrons. The highest BCUT2D eigenvalue weighted by molar-refractivity contribution is 5.68. The summed E-state index contributed by atoms with van der Waals surface area (Å²) < 4.78 is 1.87. The minimum absolute atomic E-state index is 0.251. The van der Waals surface area contributed by atoms with E-state index < -0.39 is 0 Å². The van der Waals surface area contributed by atoms with Crippen molar-refractivity contribution in [2.24, 2.45) is 5.73 Å². The zero-order chi connectivity index (χ0) is 13.1. The molecule has 0 aromatic carbocycles. The molecule has 0 fully saturated rings. The van der Waals surface area contributed by atoms with Crippen LogP contribution >= 0.6 is 0 Å². The van der Waals surface area contributed by atoms with E-state index in [9.17, 15) is 0 Å². The Labute approximate surface area is 107 Å². The van der Waals surface area contributed by atoms with Gasteiger partial charge < -0.3 is 11.1 Å². The van der Waals surface area contributed by atoms with E-state index in [1.165, 1.54) is 0 Å². The quantitative estimate of drug-likeness (QED) is 0.848. The second-order valence-corrected chi connectivity index (χ2v) is 4.81. The third-order valence-electron chi connectivity index (χ3n) is 3.12. The summed E-state index contributed by atoms with van der Waals surface area (Å²) in [6.45, 7) is 6.99. The summed E-state index contributed by atoms with van der Waals surface area (Å²) in [7, 11) is 0. The highest BCUT2D eigenvalue weighted by Crippen LogP contribution is 2.20. The van der Waals surface area contributed by atoms with Crippen molar-refractivity contribution in [2.45, 2.75) is 39.2 Å². The molecule has 2 rings (SSSR count). The van der Waals surface area contributed by atoms with Crippen LogP contribution < -0.4 is 11.1 Å². The molecule has 2 aromatic rings. The van der Waals surface area contributed by atoms with Gasteiger partial charge in [0.1, 0.15) is 5.52 Å². The van der Waals surface area contributed by atoms with Gasteiger partial charge in [0.2, 0.25) is 0 Å². The van der Waals surface area contributed by atoms with Crippen LogP contribution in [0, 0.1) is 0 Å². The normalized spacial score (nSPS) is 13.2. The summed E-state index contributed by atoms with van der Waals surface area (Å²) in [5, 5.41) is 7.91. The van der Waals surface area contributed by atoms with E-state index in [-0.39, 0.29) is 6.04 Å². The van der Waals surface area contributed by atoms with Crippen molar-refractivity contribution in [1.29, 1.82) is 0 Å². The van der Waals surface area contributed by atoms with Gasteiger partial charge in [-0.25, -0.2) is 9.50 Å². The van der Waals surface area contributed by atoms with E-state index in [0.717, 1.165) is 23.4 Å². The van der Waals surface area contributed by atoms with E-state index in [4.69, 9.17) is 5.73 Å². The molecule has 0 aliphatic carbocycles. The van der Waals surface area contributed by atoms with E-state index in [1.807, 2.05) is 10.7 Å². The molecule has 0 aliphatic rings. The Balaban J connectivity index is 2.38. The predicted octanol–water partition coefficient (Wildman–Crippen LogP) is 2.00. The lowest BCUT2D eigenvalue weighted by Crippen LogP contribution is -2.28. The highest BCUT2D eigenvalue weighted by atomic mass is 15.2. The van der Waals surface area contributed by atoms with Gasteiger partial charge in [0, 0.05) is 25.0 Å². The fourth-order valence-electron chi connectivity index (χ4n) is 1.86. The minimum atomic E-state index is 0.251. The summed E-state index contributed by atoms with van der Waals surface area (Å²) >= 11 is 0. The molecule has 5 nitrogen and oxygen atoms in total. The van der Waals surface area contributed by atoms with E-state index in [2.05, 4.69) is 42.2 Å². The van der Waals surface area contributed by atoms with Gasteiger partial charge in [-0.1, -0.05) is 20.8 Å². The summed E-state index contributed by atoms with van der Waals surface area (Å²) in [6, 6.07) is 2.34. The average molecular weight is 247 g/mol. The van der Waals surface area contributed by atoms with Gasteiger partial charge in [0.05, 0.1) is 5.69 Å². The van der Waals surface area contributed by atoms with Crippen LogP contribution in [0.4, 0.5) is 5.82 Å². The first kappa shape index (κ1) is 12.8. The molecule has 0 bridgehead atoms. The van der Waals surface area contributed by atoms with Gasteiger partial charge in [0.25, 0.3) is 0 Å². The Morgan fingerprint density at radius 2 is 2.22 bits per heavy atom. The van der Waals surface area contributed by atoms with Crippen LogP contribution in [-0.4, -0.2) is 27.2 Å². The lowest BCUT2D eigenvalue weighted by molar-refractivity contribution is 0.699. The fraction of sp³-hybridized carbons (Fsp3) is 0.538. The van der Waals surface area contributed by atoms with Gasteiger partial charge in [-0.05, 0) is 18.4 Å². The van der Waals surface area contributed by atoms with Crippen molar-refractivity contribution in [3.05, 3.63) is 24.2 Å². The molecule has 1 atom stereocenters. The van der Waals surface area contributed by atoms with Gasteiger partial charge in [-0.15, -0.1) is 0 Å². The second kappa shape index (κ2) is 5.35. The molecule has 0 amide bonds. The van der Waals surface area contributed by atoms with Gasteiger partial charge >= 0.3 is 0 Å². The number of fused-ring (bicyclic) bond motifs is 1. The summed E-state index contributed by atoms with van der Waals surface area (Å²) in [5.74, 6) is 1.27. The molecule has 2 heterocycles. The number of nitrogens with one attached hydrogen (secondary N) is 1. The van der Waals surface area contributed by atoms with Crippen molar-refractivity contribution in [1.82, 2.24) is 14.6 Å². The lowest BCUT2D eigenvalue weighted by Gasteiger charge is -2.15. The SMILES string of the molecule is CCC(CN)Nc1nccn2nc(C(C)C)cc12. The van der Waals surface area contributed by atoms with E-state index >= 15 is 0 Å². The largest absolute Gasteiger partial charge is 0.364 e. The number of rotatable bonds is 5. The molecular formula is C13H21N5. The third-order valence-corrected chi connectivity index (χ3v) is 3.12. The monoisotopic (exact) mass is 247 g/mol. The Kier molecular flexibility index (Phi) is 3.81. The Morgan fingerprint density at radius 1 is 1.44 bits per heavy atom. The topological polar surface area (TPSA) is 68.2 Å². The lowest BCUT2D eigenvalue weighted by atomic mass is 10.1. The average Bonchev–Trinajstić information content (AvgIpc) is 2.80. The zero-order valence-electron chi connectivity index (χ0n) is 11.2. The maximum atomic E-state index is 5.72. The molecule has 0 spiro atoms. The van der Waals surface area contributed by atoms with Crippen molar-refractivity contribution in [3.63, 3.8) is 0 Å². The first-order valence-corrected chi connectivity index (χ1v) is 6.46. The fourth-order valence-corrected chi connectivity index (χ4v) is 1.86. The van der Waals surface area contributed by atoms with Crippen LogP contribution in [0.5, 0.6) is 0 Å². The first-order chi connectivity index (χ1) is 8.65. The maximum Gasteiger partial charge on any atom is 0.152 e. The zero-order valence-corrected chi connectivity index (χ0v) is 11.2. The Morgan fingerprint density at radius 3 is 2.83 bits per heavy atom. The Bertz CT molecular complexity index is 513. The molecule has 18 heavy (non-hydrogen) atoms. The van der Waals surface area contributed by atoms with Crippen molar-refractivity contribution in [3.8, 4) is 0 Å². The van der Waals surface area contributed by atoms with Crippen molar-refractivity contribution in [2.75, 3.05) is 11.9 Å². The molecular weight excluding hydrogens is 226 g/mol. The van der Waals surface area contributed by atoms with Crippen LogP contribution in [-0.2, 0) is 0 Å². The predicted molar refractivity (Wildman–Crippen MR) is 73.8 cm³/mol.